The third kappa shape index (κ3) is 4.76. The van der Waals surface area contributed by atoms with Crippen LogP contribution >= 0.6 is 34.9 Å². The molecule has 0 bridgehead atoms. The summed E-state index contributed by atoms with van der Waals surface area (Å²) in [4.78, 5) is 38.4. The molecule has 3 heterocycles. The van der Waals surface area contributed by atoms with Crippen LogP contribution in [0.15, 0.2) is 45.3 Å². The van der Waals surface area contributed by atoms with Crippen molar-refractivity contribution in [1.82, 2.24) is 20.4 Å². The van der Waals surface area contributed by atoms with Crippen molar-refractivity contribution >= 4 is 52.6 Å². The van der Waals surface area contributed by atoms with Crippen molar-refractivity contribution in [2.45, 2.75) is 29.1 Å². The fourth-order valence-electron chi connectivity index (χ4n) is 3.09. The molecule has 1 fully saturated rings. The van der Waals surface area contributed by atoms with E-state index in [0.717, 1.165) is 10.6 Å². The van der Waals surface area contributed by atoms with Gasteiger partial charge in [-0.15, -0.1) is 22.0 Å². The van der Waals surface area contributed by atoms with Crippen LogP contribution in [0.3, 0.4) is 0 Å². The minimum atomic E-state index is -1.42. The van der Waals surface area contributed by atoms with E-state index in [-0.39, 0.29) is 47.6 Å². The predicted molar refractivity (Wildman–Crippen MR) is 108 cm³/mol. The minimum absolute atomic E-state index is 0. The van der Waals surface area contributed by atoms with Gasteiger partial charge in [-0.25, -0.2) is 0 Å². The van der Waals surface area contributed by atoms with Crippen LogP contribution < -0.4 is 40.0 Å². The largest absolute Gasteiger partial charge is 1.00 e. The summed E-state index contributed by atoms with van der Waals surface area (Å²) in [5, 5.41) is 22.7. The number of amides is 2. The van der Waals surface area contributed by atoms with Gasteiger partial charge in [0, 0.05) is 10.7 Å². The molecule has 150 valence electrons. The number of hydrogen-bond acceptors (Lipinski definition) is 9. The Morgan fingerprint density at radius 2 is 2.03 bits per heavy atom. The number of rotatable bonds is 6. The van der Waals surface area contributed by atoms with Crippen molar-refractivity contribution in [1.29, 1.82) is 0 Å². The summed E-state index contributed by atoms with van der Waals surface area (Å²) in [6.45, 7) is 1.81. The number of β-lactam (4-membered cyclic amide) rings is 1. The van der Waals surface area contributed by atoms with Gasteiger partial charge in [0.25, 0.3) is 5.91 Å². The smallest absolute Gasteiger partial charge is 0.543 e. The Balaban J connectivity index is 0.00000256. The maximum Gasteiger partial charge on any atom is 1.00 e. The molecule has 0 saturated carbocycles. The summed E-state index contributed by atoms with van der Waals surface area (Å²) < 4.78 is 0.607. The maximum atomic E-state index is 12.6. The van der Waals surface area contributed by atoms with E-state index in [1.54, 1.807) is 0 Å². The van der Waals surface area contributed by atoms with Crippen LogP contribution in [-0.2, 0) is 20.8 Å². The number of hydrogen-bond donors (Lipinski definition) is 1. The molecule has 0 unspecified atom stereocenters. The van der Waals surface area contributed by atoms with Gasteiger partial charge >= 0.3 is 29.6 Å². The molecule has 2 aliphatic heterocycles. The van der Waals surface area contributed by atoms with Gasteiger partial charge in [-0.3, -0.25) is 14.5 Å². The van der Waals surface area contributed by atoms with Crippen molar-refractivity contribution in [3.63, 3.8) is 0 Å². The Morgan fingerprint density at radius 3 is 2.67 bits per heavy atom. The molecule has 2 aliphatic rings. The van der Waals surface area contributed by atoms with Crippen LogP contribution in [0, 0.1) is 6.92 Å². The molecule has 2 aromatic rings. The first-order valence-electron chi connectivity index (χ1n) is 8.64. The summed E-state index contributed by atoms with van der Waals surface area (Å²) in [5.41, 5.74) is 0.691. The summed E-state index contributed by atoms with van der Waals surface area (Å²) >= 11 is 3.94. The molecule has 0 aliphatic carbocycles. The molecule has 1 saturated heterocycles. The van der Waals surface area contributed by atoms with Crippen molar-refractivity contribution in [2.75, 3.05) is 5.75 Å². The van der Waals surface area contributed by atoms with E-state index < -0.39 is 23.3 Å². The third-order valence-electron chi connectivity index (χ3n) is 4.37. The second-order valence-corrected chi connectivity index (χ2v) is 9.99. The van der Waals surface area contributed by atoms with Gasteiger partial charge in [-0.1, -0.05) is 53.4 Å². The molecule has 1 aromatic heterocycles. The summed E-state index contributed by atoms with van der Waals surface area (Å²) in [6, 6.07) is 8.45. The zero-order valence-corrected chi connectivity index (χ0v) is 20.6. The molecular weight excluding hydrogens is 455 g/mol. The number of aromatic nitrogens is 2. The number of aryl methyl sites for hydroxylation is 1. The van der Waals surface area contributed by atoms with Crippen molar-refractivity contribution in [2.24, 2.45) is 0 Å². The first-order valence-corrected chi connectivity index (χ1v) is 11.3. The van der Waals surface area contributed by atoms with Gasteiger partial charge in [-0.2, -0.15) is 0 Å². The van der Waals surface area contributed by atoms with E-state index in [0.29, 0.717) is 15.0 Å². The number of carboxylic acid groups (broad SMARTS) is 1. The maximum absolute atomic E-state index is 12.6. The van der Waals surface area contributed by atoms with E-state index >= 15 is 0 Å². The third-order valence-corrected chi connectivity index (χ3v) is 7.80. The first-order chi connectivity index (χ1) is 13.9. The molecule has 0 radical (unpaired) electrons. The standard InChI is InChI=1S/C18H16N4O4S3.Na/c1-9-20-21-18(28-9)29-11-8-27-16-13(15(24)22(16)14(11)17(25)26)19-12(23)7-10-5-3-2-4-6-10;/h2-6,13,16H,7-8H2,1H3,(H,19,23)(H,25,26);/q;+1/p-1/t13-,16+;/m1./s1. The number of nitrogens with zero attached hydrogens (tertiary/aromatic N) is 3. The van der Waals surface area contributed by atoms with Crippen molar-refractivity contribution < 1.29 is 49.0 Å². The fourth-order valence-corrected chi connectivity index (χ4v) is 6.54. The molecule has 4 rings (SSSR count). The number of carboxylic acids is 1. The van der Waals surface area contributed by atoms with E-state index in [1.807, 2.05) is 37.3 Å². The number of benzene rings is 1. The molecule has 30 heavy (non-hydrogen) atoms. The summed E-state index contributed by atoms with van der Waals surface area (Å²) in [7, 11) is 0. The van der Waals surface area contributed by atoms with E-state index in [9.17, 15) is 19.5 Å². The summed E-state index contributed by atoms with van der Waals surface area (Å²) in [5.74, 6) is -1.76. The van der Waals surface area contributed by atoms with E-state index in [1.165, 1.54) is 39.8 Å². The van der Waals surface area contributed by atoms with Crippen LogP contribution in [0.4, 0.5) is 0 Å². The number of carbonyl (C=O) groups excluding carboxylic acids is 3. The Bertz CT molecular complexity index is 1010. The molecule has 12 heteroatoms. The van der Waals surface area contributed by atoms with Gasteiger partial charge in [0.2, 0.25) is 5.91 Å². The average Bonchev–Trinajstić information content (AvgIpc) is 3.11. The number of thioether (sulfide) groups is 2. The van der Waals surface area contributed by atoms with Gasteiger partial charge in [-0.05, 0) is 12.5 Å². The predicted octanol–water partition coefficient (Wildman–Crippen LogP) is -2.45. The average molecular weight is 471 g/mol. The quantitative estimate of drug-likeness (QED) is 0.365. The van der Waals surface area contributed by atoms with Crippen LogP contribution in [0.5, 0.6) is 0 Å². The monoisotopic (exact) mass is 470 g/mol. The van der Waals surface area contributed by atoms with Gasteiger partial charge < -0.3 is 15.2 Å². The number of nitrogens with one attached hydrogen (secondary N) is 1. The normalized spacial score (nSPS) is 20.2. The van der Waals surface area contributed by atoms with E-state index in [4.69, 9.17) is 0 Å². The molecule has 2 atom stereocenters. The Morgan fingerprint density at radius 1 is 1.30 bits per heavy atom. The number of fused-ring (bicyclic) bond motifs is 1. The Hall–Kier alpha value is -1.37. The van der Waals surface area contributed by atoms with Crippen molar-refractivity contribution in [3.05, 3.63) is 51.5 Å². The summed E-state index contributed by atoms with van der Waals surface area (Å²) in [6.07, 6.45) is 0.155. The van der Waals surface area contributed by atoms with Gasteiger partial charge in [0.05, 0.1) is 18.1 Å². The van der Waals surface area contributed by atoms with Crippen LogP contribution in [0.2, 0.25) is 0 Å². The van der Waals surface area contributed by atoms with Gasteiger partial charge in [0.15, 0.2) is 4.34 Å². The van der Waals surface area contributed by atoms with Crippen LogP contribution in [0.1, 0.15) is 10.6 Å². The molecule has 2 amide bonds. The molecule has 1 N–H and O–H groups in total. The van der Waals surface area contributed by atoms with Crippen LogP contribution in [-0.4, -0.2) is 50.0 Å². The Kier molecular flexibility index (Phi) is 7.64. The Labute approximate surface area is 207 Å². The zero-order valence-electron chi connectivity index (χ0n) is 16.2. The number of carbonyl (C=O) groups is 3. The molecule has 1 aromatic carbocycles. The molecule has 8 nitrogen and oxygen atoms in total. The SMILES string of the molecule is Cc1nnc(SC2=C(C(=O)[O-])N3C(=O)[C@@H](NC(=O)Cc4ccccc4)[C@@H]3SC2)s1.[Na+]. The molecule has 0 spiro atoms. The molecular formula is C18H15N4NaO4S3. The second-order valence-electron chi connectivity index (χ2n) is 6.37. The zero-order chi connectivity index (χ0) is 20.5. The van der Waals surface area contributed by atoms with Gasteiger partial charge in [0.1, 0.15) is 16.4 Å². The number of aliphatic carboxylic acids is 1. The topological polar surface area (TPSA) is 115 Å². The minimum Gasteiger partial charge on any atom is -0.543 e. The van der Waals surface area contributed by atoms with Crippen molar-refractivity contribution in [3.8, 4) is 0 Å². The fraction of sp³-hybridized carbons (Fsp3) is 0.278. The second kappa shape index (κ2) is 9.84. The van der Waals surface area contributed by atoms with Crippen LogP contribution in [0.25, 0.3) is 0 Å². The van der Waals surface area contributed by atoms with E-state index in [2.05, 4.69) is 15.5 Å². The first kappa shape index (κ1) is 23.3.